The lowest BCUT2D eigenvalue weighted by molar-refractivity contribution is -0.137. The molecule has 0 aliphatic carbocycles. The summed E-state index contributed by atoms with van der Waals surface area (Å²) in [4.78, 5) is 10.9. The van der Waals surface area contributed by atoms with Gasteiger partial charge in [0.15, 0.2) is 0 Å². The molecule has 3 aromatic carbocycles. The van der Waals surface area contributed by atoms with E-state index in [0.717, 1.165) is 21.2 Å². The SMILES string of the molecule is O=C(O)CCCc1ccc(C(Cc2ccc(F)cc2)NS(=O)(=O)c2ccc(Br)cc2)cc1. The molecule has 0 aliphatic heterocycles. The number of carboxylic acids is 1. The van der Waals surface area contributed by atoms with Gasteiger partial charge in [-0.1, -0.05) is 52.3 Å². The zero-order valence-corrected chi connectivity index (χ0v) is 19.6. The van der Waals surface area contributed by atoms with Crippen molar-refractivity contribution in [2.45, 2.75) is 36.6 Å². The summed E-state index contributed by atoms with van der Waals surface area (Å²) in [5.74, 6) is -1.19. The third-order valence-corrected chi connectivity index (χ3v) is 7.03. The summed E-state index contributed by atoms with van der Waals surface area (Å²) in [6.07, 6.45) is 1.60. The highest BCUT2D eigenvalue weighted by Gasteiger charge is 2.22. The summed E-state index contributed by atoms with van der Waals surface area (Å²) < 4.78 is 42.9. The largest absolute Gasteiger partial charge is 0.481 e. The number of aryl methyl sites for hydroxylation is 1. The number of nitrogens with one attached hydrogen (secondary N) is 1. The average Bonchev–Trinajstić information content (AvgIpc) is 2.75. The van der Waals surface area contributed by atoms with Crippen LogP contribution in [-0.4, -0.2) is 19.5 Å². The van der Waals surface area contributed by atoms with Gasteiger partial charge in [0.05, 0.1) is 10.9 Å². The Morgan fingerprint density at radius 3 is 2.12 bits per heavy atom. The van der Waals surface area contributed by atoms with Crippen LogP contribution in [0.3, 0.4) is 0 Å². The van der Waals surface area contributed by atoms with E-state index in [4.69, 9.17) is 5.11 Å². The summed E-state index contributed by atoms with van der Waals surface area (Å²) in [5, 5.41) is 8.79. The molecule has 0 fully saturated rings. The minimum Gasteiger partial charge on any atom is -0.481 e. The molecule has 2 N–H and O–H groups in total. The Balaban J connectivity index is 1.84. The maximum absolute atomic E-state index is 13.3. The van der Waals surface area contributed by atoms with Gasteiger partial charge in [-0.15, -0.1) is 0 Å². The normalized spacial score (nSPS) is 12.4. The van der Waals surface area contributed by atoms with Crippen LogP contribution in [0.2, 0.25) is 0 Å². The topological polar surface area (TPSA) is 83.5 Å². The Labute approximate surface area is 195 Å². The Morgan fingerprint density at radius 2 is 1.53 bits per heavy atom. The third kappa shape index (κ3) is 6.98. The zero-order valence-electron chi connectivity index (χ0n) is 17.2. The van der Waals surface area contributed by atoms with E-state index in [1.807, 2.05) is 24.3 Å². The van der Waals surface area contributed by atoms with Crippen molar-refractivity contribution in [3.8, 4) is 0 Å². The number of carbonyl (C=O) groups is 1. The van der Waals surface area contributed by atoms with Crippen molar-refractivity contribution in [2.24, 2.45) is 0 Å². The van der Waals surface area contributed by atoms with E-state index in [2.05, 4.69) is 20.7 Å². The van der Waals surface area contributed by atoms with Gasteiger partial charge in [0.25, 0.3) is 0 Å². The lowest BCUT2D eigenvalue weighted by atomic mass is 9.97. The first-order valence-electron chi connectivity index (χ1n) is 10.1. The highest BCUT2D eigenvalue weighted by atomic mass is 79.9. The van der Waals surface area contributed by atoms with Crippen LogP contribution >= 0.6 is 15.9 Å². The Morgan fingerprint density at radius 1 is 0.938 bits per heavy atom. The van der Waals surface area contributed by atoms with Crippen molar-refractivity contribution in [2.75, 3.05) is 0 Å². The van der Waals surface area contributed by atoms with Gasteiger partial charge >= 0.3 is 5.97 Å². The van der Waals surface area contributed by atoms with Gasteiger partial charge in [-0.25, -0.2) is 17.5 Å². The molecule has 3 rings (SSSR count). The standard InChI is InChI=1S/C24H23BrFNO4S/c25-20-10-14-22(15-11-20)32(30,31)27-23(16-18-6-12-21(26)13-7-18)19-8-4-17(5-9-19)2-1-3-24(28)29/h4-15,23,27H,1-3,16H2,(H,28,29). The molecule has 0 aliphatic rings. The number of hydrogen-bond acceptors (Lipinski definition) is 3. The molecule has 8 heteroatoms. The van der Waals surface area contributed by atoms with Crippen LogP contribution in [0.15, 0.2) is 82.2 Å². The summed E-state index contributed by atoms with van der Waals surface area (Å²) >= 11 is 3.30. The molecule has 0 bridgehead atoms. The molecule has 0 radical (unpaired) electrons. The summed E-state index contributed by atoms with van der Waals surface area (Å²) in [6.45, 7) is 0. The molecule has 32 heavy (non-hydrogen) atoms. The number of sulfonamides is 1. The summed E-state index contributed by atoms with van der Waals surface area (Å²) in [5.41, 5.74) is 2.53. The van der Waals surface area contributed by atoms with Crippen LogP contribution < -0.4 is 4.72 Å². The smallest absolute Gasteiger partial charge is 0.303 e. The first-order chi connectivity index (χ1) is 15.2. The van der Waals surface area contributed by atoms with Gasteiger partial charge in [0, 0.05) is 10.9 Å². The molecule has 0 spiro atoms. The van der Waals surface area contributed by atoms with Crippen molar-refractivity contribution in [1.29, 1.82) is 0 Å². The van der Waals surface area contributed by atoms with Gasteiger partial charge in [-0.2, -0.15) is 0 Å². The quantitative estimate of drug-likeness (QED) is 0.382. The van der Waals surface area contributed by atoms with Crippen molar-refractivity contribution in [3.63, 3.8) is 0 Å². The minimum absolute atomic E-state index is 0.0991. The number of aliphatic carboxylic acids is 1. The molecule has 0 heterocycles. The number of benzene rings is 3. The van der Waals surface area contributed by atoms with E-state index in [9.17, 15) is 17.6 Å². The van der Waals surface area contributed by atoms with E-state index < -0.39 is 22.0 Å². The maximum atomic E-state index is 13.3. The Hall–Kier alpha value is -2.55. The van der Waals surface area contributed by atoms with Crippen molar-refractivity contribution in [1.82, 2.24) is 4.72 Å². The number of rotatable bonds is 10. The van der Waals surface area contributed by atoms with E-state index in [1.54, 1.807) is 24.3 Å². The number of halogens is 2. The number of hydrogen-bond donors (Lipinski definition) is 2. The predicted molar refractivity (Wildman–Crippen MR) is 124 cm³/mol. The molecule has 0 saturated heterocycles. The predicted octanol–water partition coefficient (Wildman–Crippen LogP) is 5.26. The average molecular weight is 520 g/mol. The van der Waals surface area contributed by atoms with Gasteiger partial charge in [-0.3, -0.25) is 4.79 Å². The van der Waals surface area contributed by atoms with Crippen LogP contribution in [0.1, 0.15) is 35.6 Å². The summed E-state index contributed by atoms with van der Waals surface area (Å²) in [6, 6.07) is 19.2. The first kappa shape index (κ1) is 24.1. The van der Waals surface area contributed by atoms with E-state index in [-0.39, 0.29) is 17.1 Å². The fourth-order valence-corrected chi connectivity index (χ4v) is 4.80. The van der Waals surface area contributed by atoms with Gasteiger partial charge in [0.1, 0.15) is 5.82 Å². The fourth-order valence-electron chi connectivity index (χ4n) is 3.31. The van der Waals surface area contributed by atoms with Crippen LogP contribution in [0.4, 0.5) is 4.39 Å². The molecule has 1 atom stereocenters. The van der Waals surface area contributed by atoms with Crippen molar-refractivity contribution in [3.05, 3.63) is 99.8 Å². The molecule has 168 valence electrons. The van der Waals surface area contributed by atoms with Gasteiger partial charge < -0.3 is 5.11 Å². The molecule has 3 aromatic rings. The second-order valence-electron chi connectivity index (χ2n) is 7.45. The highest BCUT2D eigenvalue weighted by Crippen LogP contribution is 2.24. The molecular formula is C24H23BrFNO4S. The second kappa shape index (κ2) is 10.8. The fraction of sp³-hybridized carbons (Fsp3) is 0.208. The van der Waals surface area contributed by atoms with E-state index in [0.29, 0.717) is 19.3 Å². The minimum atomic E-state index is -3.80. The van der Waals surface area contributed by atoms with Crippen LogP contribution in [0.25, 0.3) is 0 Å². The molecule has 5 nitrogen and oxygen atoms in total. The lowest BCUT2D eigenvalue weighted by Gasteiger charge is -2.20. The number of carboxylic acid groups (broad SMARTS) is 1. The third-order valence-electron chi connectivity index (χ3n) is 5.01. The molecule has 0 saturated carbocycles. The van der Waals surface area contributed by atoms with Crippen LogP contribution in [-0.2, 0) is 27.7 Å². The Kier molecular flexibility index (Phi) is 8.17. The van der Waals surface area contributed by atoms with Crippen LogP contribution in [0, 0.1) is 5.82 Å². The molecule has 1 unspecified atom stereocenters. The molecule has 0 aromatic heterocycles. The summed E-state index contributed by atoms with van der Waals surface area (Å²) in [7, 11) is -3.80. The molecular weight excluding hydrogens is 497 g/mol. The zero-order chi connectivity index (χ0) is 23.1. The van der Waals surface area contributed by atoms with Gasteiger partial charge in [0.2, 0.25) is 10.0 Å². The maximum Gasteiger partial charge on any atom is 0.303 e. The van der Waals surface area contributed by atoms with Gasteiger partial charge in [-0.05, 0) is 72.4 Å². The van der Waals surface area contributed by atoms with Crippen molar-refractivity contribution < 1.29 is 22.7 Å². The van der Waals surface area contributed by atoms with Crippen LogP contribution in [0.5, 0.6) is 0 Å². The lowest BCUT2D eigenvalue weighted by Crippen LogP contribution is -2.30. The monoisotopic (exact) mass is 519 g/mol. The van der Waals surface area contributed by atoms with E-state index >= 15 is 0 Å². The Bertz CT molecular complexity index is 1150. The second-order valence-corrected chi connectivity index (χ2v) is 10.1. The van der Waals surface area contributed by atoms with E-state index in [1.165, 1.54) is 24.3 Å². The van der Waals surface area contributed by atoms with Crippen molar-refractivity contribution >= 4 is 31.9 Å². The molecule has 0 amide bonds. The highest BCUT2D eigenvalue weighted by molar-refractivity contribution is 9.10. The first-order valence-corrected chi connectivity index (χ1v) is 12.3.